The van der Waals surface area contributed by atoms with Crippen molar-refractivity contribution in [3.8, 4) is 11.5 Å². The average molecular weight is 206 g/mol. The minimum Gasteiger partial charge on any atom is -0.496 e. The van der Waals surface area contributed by atoms with Gasteiger partial charge in [-0.05, 0) is 12.1 Å². The molecule has 0 spiro atoms. The molecule has 0 N–H and O–H groups in total. The third-order valence-corrected chi connectivity index (χ3v) is 3.28. The highest BCUT2D eigenvalue weighted by Gasteiger charge is 2.44. The molecule has 2 atom stereocenters. The van der Waals surface area contributed by atoms with Gasteiger partial charge in [-0.3, -0.25) is 0 Å². The third kappa shape index (κ3) is 1.30. The number of fused-ring (bicyclic) bond motifs is 2. The largest absolute Gasteiger partial charge is 0.496 e. The highest BCUT2D eigenvalue weighted by atomic mass is 16.6. The van der Waals surface area contributed by atoms with Crippen LogP contribution in [0.5, 0.6) is 11.5 Å². The van der Waals surface area contributed by atoms with E-state index in [-0.39, 0.29) is 0 Å². The molecular formula is C12H14O3. The van der Waals surface area contributed by atoms with Gasteiger partial charge in [-0.2, -0.15) is 0 Å². The lowest BCUT2D eigenvalue weighted by Crippen LogP contribution is -2.14. The van der Waals surface area contributed by atoms with Gasteiger partial charge in [0.1, 0.15) is 11.5 Å². The molecule has 1 aromatic carbocycles. The summed E-state index contributed by atoms with van der Waals surface area (Å²) in [5.74, 6) is 1.92. The summed E-state index contributed by atoms with van der Waals surface area (Å²) in [4.78, 5) is 0. The molecule has 1 aliphatic carbocycles. The zero-order valence-electron chi connectivity index (χ0n) is 8.95. The Bertz CT molecular complexity index is 363. The van der Waals surface area contributed by atoms with Crippen LogP contribution in [0.3, 0.4) is 0 Å². The van der Waals surface area contributed by atoms with Crippen LogP contribution in [0, 0.1) is 0 Å². The van der Waals surface area contributed by atoms with Crippen LogP contribution in [0.2, 0.25) is 0 Å². The Hall–Kier alpha value is -1.22. The van der Waals surface area contributed by atoms with Gasteiger partial charge in [0, 0.05) is 24.0 Å². The van der Waals surface area contributed by atoms with Gasteiger partial charge < -0.3 is 14.2 Å². The molecule has 0 amide bonds. The van der Waals surface area contributed by atoms with Crippen molar-refractivity contribution in [2.24, 2.45) is 0 Å². The molecule has 0 radical (unpaired) electrons. The van der Waals surface area contributed by atoms with Crippen LogP contribution in [-0.2, 0) is 17.6 Å². The van der Waals surface area contributed by atoms with Gasteiger partial charge in [-0.1, -0.05) is 0 Å². The Kier molecular flexibility index (Phi) is 1.89. The fourth-order valence-corrected chi connectivity index (χ4v) is 2.42. The van der Waals surface area contributed by atoms with Crippen molar-refractivity contribution in [1.29, 1.82) is 0 Å². The molecule has 3 nitrogen and oxygen atoms in total. The first kappa shape index (κ1) is 9.04. The molecule has 15 heavy (non-hydrogen) atoms. The van der Waals surface area contributed by atoms with Crippen LogP contribution in [0.15, 0.2) is 12.1 Å². The smallest absolute Gasteiger partial charge is 0.122 e. The van der Waals surface area contributed by atoms with Crippen molar-refractivity contribution in [3.63, 3.8) is 0 Å². The zero-order chi connectivity index (χ0) is 10.4. The normalized spacial score (nSPS) is 26.5. The molecule has 0 saturated carbocycles. The summed E-state index contributed by atoms with van der Waals surface area (Å²) >= 11 is 0. The number of rotatable bonds is 2. The van der Waals surface area contributed by atoms with E-state index in [2.05, 4.69) is 0 Å². The number of hydrogen-bond donors (Lipinski definition) is 0. The van der Waals surface area contributed by atoms with Crippen molar-refractivity contribution >= 4 is 0 Å². The van der Waals surface area contributed by atoms with Gasteiger partial charge in [0.2, 0.25) is 0 Å². The van der Waals surface area contributed by atoms with Gasteiger partial charge in [0.25, 0.3) is 0 Å². The van der Waals surface area contributed by atoms with Crippen molar-refractivity contribution in [1.82, 2.24) is 0 Å². The van der Waals surface area contributed by atoms with Gasteiger partial charge in [0.15, 0.2) is 0 Å². The van der Waals surface area contributed by atoms with Crippen LogP contribution in [0.4, 0.5) is 0 Å². The highest BCUT2D eigenvalue weighted by molar-refractivity contribution is 5.51. The zero-order valence-corrected chi connectivity index (χ0v) is 8.95. The standard InChI is InChI=1S/C12H14O3/c1-13-9-3-4-10(14-2)8-6-12-11(15-12)5-7(8)9/h3-4,11-12H,5-6H2,1-2H3/t11-,12-/m1/s1. The van der Waals surface area contributed by atoms with Crippen molar-refractivity contribution in [3.05, 3.63) is 23.3 Å². The Balaban J connectivity index is 2.10. The van der Waals surface area contributed by atoms with E-state index in [9.17, 15) is 0 Å². The number of hydrogen-bond acceptors (Lipinski definition) is 3. The SMILES string of the molecule is COc1ccc(OC)c2c1C[C@H]1O[C@@H]1C2. The summed E-state index contributed by atoms with van der Waals surface area (Å²) in [5.41, 5.74) is 2.52. The molecule has 1 fully saturated rings. The van der Waals surface area contributed by atoms with Gasteiger partial charge in [0.05, 0.1) is 26.4 Å². The molecule has 3 rings (SSSR count). The predicted molar refractivity (Wildman–Crippen MR) is 55.6 cm³/mol. The topological polar surface area (TPSA) is 31.0 Å². The number of epoxide rings is 1. The lowest BCUT2D eigenvalue weighted by atomic mass is 9.90. The van der Waals surface area contributed by atoms with Gasteiger partial charge >= 0.3 is 0 Å². The number of ether oxygens (including phenoxy) is 3. The number of methoxy groups -OCH3 is 2. The summed E-state index contributed by atoms with van der Waals surface area (Å²) in [6.45, 7) is 0. The molecule has 0 unspecified atom stereocenters. The maximum atomic E-state index is 5.55. The summed E-state index contributed by atoms with van der Waals surface area (Å²) in [5, 5.41) is 0. The monoisotopic (exact) mass is 206 g/mol. The molecule has 1 heterocycles. The first-order valence-corrected chi connectivity index (χ1v) is 5.21. The summed E-state index contributed by atoms with van der Waals surface area (Å²) in [7, 11) is 3.42. The van der Waals surface area contributed by atoms with Gasteiger partial charge in [-0.25, -0.2) is 0 Å². The van der Waals surface area contributed by atoms with E-state index in [1.54, 1.807) is 14.2 Å². The van der Waals surface area contributed by atoms with E-state index in [4.69, 9.17) is 14.2 Å². The summed E-state index contributed by atoms with van der Waals surface area (Å²) in [6.07, 6.45) is 2.75. The van der Waals surface area contributed by atoms with E-state index in [0.29, 0.717) is 12.2 Å². The van der Waals surface area contributed by atoms with E-state index >= 15 is 0 Å². The second-order valence-electron chi connectivity index (χ2n) is 4.05. The summed E-state index contributed by atoms with van der Waals surface area (Å²) in [6, 6.07) is 3.95. The molecule has 1 aromatic rings. The fraction of sp³-hybridized carbons (Fsp3) is 0.500. The molecule has 3 heteroatoms. The molecular weight excluding hydrogens is 192 g/mol. The lowest BCUT2D eigenvalue weighted by Gasteiger charge is -2.18. The quantitative estimate of drug-likeness (QED) is 0.688. The van der Waals surface area contributed by atoms with Crippen molar-refractivity contribution in [2.75, 3.05) is 14.2 Å². The van der Waals surface area contributed by atoms with Crippen LogP contribution >= 0.6 is 0 Å². The van der Waals surface area contributed by atoms with E-state index in [0.717, 1.165) is 24.3 Å². The number of benzene rings is 1. The predicted octanol–water partition coefficient (Wildman–Crippen LogP) is 1.57. The Labute approximate surface area is 89.0 Å². The van der Waals surface area contributed by atoms with Crippen LogP contribution in [-0.4, -0.2) is 26.4 Å². The van der Waals surface area contributed by atoms with E-state index in [1.165, 1.54) is 11.1 Å². The molecule has 0 bridgehead atoms. The summed E-state index contributed by atoms with van der Waals surface area (Å²) < 4.78 is 16.3. The molecule has 0 aromatic heterocycles. The third-order valence-electron chi connectivity index (χ3n) is 3.28. The van der Waals surface area contributed by atoms with Crippen LogP contribution in [0.1, 0.15) is 11.1 Å². The van der Waals surface area contributed by atoms with Crippen molar-refractivity contribution < 1.29 is 14.2 Å². The molecule has 1 saturated heterocycles. The Morgan fingerprint density at radius 3 is 1.87 bits per heavy atom. The molecule has 1 aliphatic heterocycles. The molecule has 80 valence electrons. The van der Waals surface area contributed by atoms with Crippen molar-refractivity contribution in [2.45, 2.75) is 25.0 Å². The minimum atomic E-state index is 0.415. The molecule has 2 aliphatic rings. The Morgan fingerprint density at radius 2 is 1.47 bits per heavy atom. The van der Waals surface area contributed by atoms with Crippen LogP contribution in [0.25, 0.3) is 0 Å². The fourth-order valence-electron chi connectivity index (χ4n) is 2.42. The second kappa shape index (κ2) is 3.14. The second-order valence-corrected chi connectivity index (χ2v) is 4.05. The van der Waals surface area contributed by atoms with Crippen LogP contribution < -0.4 is 9.47 Å². The maximum absolute atomic E-state index is 5.55. The first-order valence-electron chi connectivity index (χ1n) is 5.21. The van der Waals surface area contributed by atoms with E-state index < -0.39 is 0 Å². The van der Waals surface area contributed by atoms with E-state index in [1.807, 2.05) is 12.1 Å². The average Bonchev–Trinajstić information content (AvgIpc) is 3.02. The minimum absolute atomic E-state index is 0.415. The highest BCUT2D eigenvalue weighted by Crippen LogP contribution is 2.43. The maximum Gasteiger partial charge on any atom is 0.122 e. The van der Waals surface area contributed by atoms with Gasteiger partial charge in [-0.15, -0.1) is 0 Å². The Morgan fingerprint density at radius 1 is 1.00 bits per heavy atom. The first-order chi connectivity index (χ1) is 7.33. The lowest BCUT2D eigenvalue weighted by molar-refractivity contribution is 0.371.